The Morgan fingerprint density at radius 3 is 1.45 bits per heavy atom. The van der Waals surface area contributed by atoms with Crippen LogP contribution in [0.25, 0.3) is 0 Å². The van der Waals surface area contributed by atoms with Crippen molar-refractivity contribution in [3.05, 3.63) is 60.8 Å². The smallest absolute Gasteiger partial charge is 0.462 e. The van der Waals surface area contributed by atoms with E-state index in [4.69, 9.17) is 18.5 Å². The van der Waals surface area contributed by atoms with Crippen LogP contribution in [0.5, 0.6) is 0 Å². The SMILES string of the molecule is CC/C=C\C/C=C\C/C=C\C/C=C\C/C=C\CCCC(=O)OC(COC(=O)CCCCCCCCCCCCCCCCCCCCC)COP(=O)(O)OCCNC. The third kappa shape index (κ3) is 43.3. The average molecular weight is 836 g/mol. The molecule has 0 fully saturated rings. The molecule has 0 bridgehead atoms. The van der Waals surface area contributed by atoms with E-state index in [-0.39, 0.29) is 32.0 Å². The number of rotatable bonds is 43. The lowest BCUT2D eigenvalue weighted by Gasteiger charge is -2.20. The van der Waals surface area contributed by atoms with Gasteiger partial charge in [0, 0.05) is 19.4 Å². The summed E-state index contributed by atoms with van der Waals surface area (Å²) in [4.78, 5) is 35.1. The van der Waals surface area contributed by atoms with Crippen LogP contribution in [-0.2, 0) is 32.7 Å². The molecule has 0 radical (unpaired) electrons. The summed E-state index contributed by atoms with van der Waals surface area (Å²) in [6.07, 6.45) is 51.4. The largest absolute Gasteiger partial charge is 0.472 e. The summed E-state index contributed by atoms with van der Waals surface area (Å²) in [7, 11) is -2.67. The number of phosphoric acid groups is 1. The van der Waals surface area contributed by atoms with Gasteiger partial charge in [-0.25, -0.2) is 4.57 Å². The molecule has 10 heteroatoms. The quantitative estimate of drug-likeness (QED) is 0.0268. The number of likely N-dealkylation sites (N-methyl/N-ethyl adjacent to an activating group) is 1. The van der Waals surface area contributed by atoms with Gasteiger partial charge >= 0.3 is 19.8 Å². The summed E-state index contributed by atoms with van der Waals surface area (Å²) >= 11 is 0. The van der Waals surface area contributed by atoms with Crippen molar-refractivity contribution in [2.45, 2.75) is 200 Å². The van der Waals surface area contributed by atoms with Crippen molar-refractivity contribution in [2.75, 3.05) is 33.4 Å². The minimum Gasteiger partial charge on any atom is -0.462 e. The molecule has 58 heavy (non-hydrogen) atoms. The zero-order chi connectivity index (χ0) is 42.5. The minimum atomic E-state index is -4.37. The van der Waals surface area contributed by atoms with Gasteiger partial charge in [0.25, 0.3) is 0 Å². The van der Waals surface area contributed by atoms with Gasteiger partial charge in [0.1, 0.15) is 6.61 Å². The van der Waals surface area contributed by atoms with Crippen molar-refractivity contribution in [3.63, 3.8) is 0 Å². The molecule has 2 atom stereocenters. The van der Waals surface area contributed by atoms with E-state index >= 15 is 0 Å². The third-order valence-electron chi connectivity index (χ3n) is 9.65. The first-order chi connectivity index (χ1) is 28.3. The first-order valence-electron chi connectivity index (χ1n) is 23.2. The fraction of sp³-hybridized carbons (Fsp3) is 0.750. The molecule has 0 aliphatic carbocycles. The number of phosphoric ester groups is 1. The van der Waals surface area contributed by atoms with Crippen molar-refractivity contribution < 1.29 is 37.6 Å². The van der Waals surface area contributed by atoms with Crippen LogP contribution < -0.4 is 5.32 Å². The number of allylic oxidation sites excluding steroid dienone is 10. The Hall–Kier alpha value is -2.29. The predicted octanol–water partition coefficient (Wildman–Crippen LogP) is 13.5. The number of unbranched alkanes of at least 4 members (excludes halogenated alkanes) is 19. The molecule has 0 rings (SSSR count). The number of hydrogen-bond acceptors (Lipinski definition) is 8. The molecule has 336 valence electrons. The number of carbonyl (C=O) groups is 2. The summed E-state index contributed by atoms with van der Waals surface area (Å²) in [6.45, 7) is 4.06. The summed E-state index contributed by atoms with van der Waals surface area (Å²) < 4.78 is 33.2. The highest BCUT2D eigenvalue weighted by atomic mass is 31.2. The van der Waals surface area contributed by atoms with Crippen molar-refractivity contribution in [2.24, 2.45) is 0 Å². The van der Waals surface area contributed by atoms with Gasteiger partial charge in [0.05, 0.1) is 13.2 Å². The summed E-state index contributed by atoms with van der Waals surface area (Å²) in [6, 6.07) is 0. The molecule has 0 saturated heterocycles. The molecule has 9 nitrogen and oxygen atoms in total. The normalized spacial score (nSPS) is 13.8. The second-order valence-corrected chi connectivity index (χ2v) is 16.7. The molecule has 2 N–H and O–H groups in total. The van der Waals surface area contributed by atoms with Gasteiger partial charge in [-0.1, -0.05) is 190 Å². The second-order valence-electron chi connectivity index (χ2n) is 15.2. The number of ether oxygens (including phenoxy) is 2. The standard InChI is InChI=1S/C48H86NO8P/c1-4-6-8-10-12-14-16-18-20-22-23-25-26-28-30-32-34-36-38-40-47(50)54-44-46(45-56-58(52,53)55-43-42-49-3)57-48(51)41-39-37-35-33-31-29-27-24-21-19-17-15-13-11-9-7-5-2/h7,9,13,15,19,21,27,29,33,35,46,49H,4-6,8,10-12,14,16-18,20,22-26,28,30-32,34,36-45H2,1-3H3,(H,52,53)/b9-7-,15-13-,21-19-,29-27-,35-33-. The van der Waals surface area contributed by atoms with Gasteiger partial charge in [-0.15, -0.1) is 0 Å². The topological polar surface area (TPSA) is 120 Å². The van der Waals surface area contributed by atoms with Crippen LogP contribution in [0.4, 0.5) is 0 Å². The van der Waals surface area contributed by atoms with E-state index in [1.807, 2.05) is 6.08 Å². The van der Waals surface area contributed by atoms with Crippen molar-refractivity contribution in [1.82, 2.24) is 5.32 Å². The predicted molar refractivity (Wildman–Crippen MR) is 243 cm³/mol. The lowest BCUT2D eigenvalue weighted by Crippen LogP contribution is -2.29. The summed E-state index contributed by atoms with van der Waals surface area (Å²) in [5.41, 5.74) is 0. The van der Waals surface area contributed by atoms with Gasteiger partial charge < -0.3 is 19.7 Å². The number of hydrogen-bond donors (Lipinski definition) is 2. The Kier molecular flexibility index (Phi) is 42.5. The van der Waals surface area contributed by atoms with Gasteiger partial charge in [-0.2, -0.15) is 0 Å². The van der Waals surface area contributed by atoms with Gasteiger partial charge in [0.15, 0.2) is 6.10 Å². The molecule has 0 aliphatic rings. The monoisotopic (exact) mass is 836 g/mol. The van der Waals surface area contributed by atoms with E-state index in [9.17, 15) is 19.0 Å². The maximum atomic E-state index is 12.6. The van der Waals surface area contributed by atoms with E-state index in [1.54, 1.807) is 7.05 Å². The summed E-state index contributed by atoms with van der Waals surface area (Å²) in [5, 5.41) is 2.82. The lowest BCUT2D eigenvalue weighted by atomic mass is 10.0. The van der Waals surface area contributed by atoms with E-state index in [1.165, 1.54) is 103 Å². The molecule has 0 amide bonds. The number of carbonyl (C=O) groups excluding carboxylic acids is 2. The van der Waals surface area contributed by atoms with Crippen LogP contribution >= 0.6 is 7.82 Å². The first kappa shape index (κ1) is 55.7. The van der Waals surface area contributed by atoms with Crippen molar-refractivity contribution in [1.29, 1.82) is 0 Å². The Bertz CT molecular complexity index is 1130. The highest BCUT2D eigenvalue weighted by Gasteiger charge is 2.26. The fourth-order valence-electron chi connectivity index (χ4n) is 6.18. The fourth-order valence-corrected chi connectivity index (χ4v) is 6.93. The maximum absolute atomic E-state index is 12.6. The van der Waals surface area contributed by atoms with Crippen LogP contribution in [-0.4, -0.2) is 56.3 Å². The first-order valence-corrected chi connectivity index (χ1v) is 24.7. The lowest BCUT2D eigenvalue weighted by molar-refractivity contribution is -0.161. The molecule has 0 saturated carbocycles. The van der Waals surface area contributed by atoms with E-state index in [2.05, 4.69) is 73.8 Å². The van der Waals surface area contributed by atoms with Crippen LogP contribution in [0.3, 0.4) is 0 Å². The maximum Gasteiger partial charge on any atom is 0.472 e. The molecule has 0 spiro atoms. The molecule has 0 aromatic heterocycles. The molecule has 0 aromatic carbocycles. The van der Waals surface area contributed by atoms with Crippen molar-refractivity contribution in [3.8, 4) is 0 Å². The van der Waals surface area contributed by atoms with Crippen LogP contribution in [0.1, 0.15) is 194 Å². The van der Waals surface area contributed by atoms with Crippen LogP contribution in [0, 0.1) is 0 Å². The highest BCUT2D eigenvalue weighted by Crippen LogP contribution is 2.43. The Morgan fingerprint density at radius 1 is 0.552 bits per heavy atom. The second kappa shape index (κ2) is 44.3. The molecular formula is C48H86NO8P. The molecule has 0 aliphatic heterocycles. The summed E-state index contributed by atoms with van der Waals surface area (Å²) in [5.74, 6) is -0.872. The number of nitrogens with one attached hydrogen (secondary N) is 1. The Labute approximate surface area is 355 Å². The molecule has 0 aromatic rings. The molecule has 0 heterocycles. The molecule has 2 unspecified atom stereocenters. The Morgan fingerprint density at radius 2 is 0.983 bits per heavy atom. The van der Waals surface area contributed by atoms with Gasteiger partial charge in [-0.05, 0) is 58.4 Å². The average Bonchev–Trinajstić information content (AvgIpc) is 3.21. The van der Waals surface area contributed by atoms with Crippen molar-refractivity contribution >= 4 is 19.8 Å². The van der Waals surface area contributed by atoms with E-state index < -0.39 is 26.5 Å². The highest BCUT2D eigenvalue weighted by molar-refractivity contribution is 7.47. The van der Waals surface area contributed by atoms with E-state index in [0.717, 1.165) is 51.4 Å². The zero-order valence-electron chi connectivity index (χ0n) is 37.2. The number of esters is 2. The van der Waals surface area contributed by atoms with Gasteiger partial charge in [0.2, 0.25) is 0 Å². The van der Waals surface area contributed by atoms with Crippen LogP contribution in [0.15, 0.2) is 60.8 Å². The van der Waals surface area contributed by atoms with Crippen LogP contribution in [0.2, 0.25) is 0 Å². The van der Waals surface area contributed by atoms with Gasteiger partial charge in [-0.3, -0.25) is 18.6 Å². The third-order valence-corrected chi connectivity index (χ3v) is 10.6. The minimum absolute atomic E-state index is 0.0288. The molecular weight excluding hydrogens is 750 g/mol. The van der Waals surface area contributed by atoms with E-state index in [0.29, 0.717) is 19.4 Å². The zero-order valence-corrected chi connectivity index (χ0v) is 38.1. The Balaban J connectivity index is 4.24.